The average molecular weight is 210 g/mol. The number of aromatic nitrogens is 6. The number of carbonyl (C=O) groups excluding carboxylic acids is 1. The zero-order valence-corrected chi connectivity index (χ0v) is 7.83. The third-order valence-electron chi connectivity index (χ3n) is 1.81. The molecule has 0 unspecified atom stereocenters. The standard InChI is InChI=1S/C7H7FN6O/c1-2-5-6(8)14(12-10-5)7(15)13-4-3-9-11-13/h3-4H,2H2,1H3. The van der Waals surface area contributed by atoms with Crippen molar-refractivity contribution < 1.29 is 9.18 Å². The van der Waals surface area contributed by atoms with Gasteiger partial charge in [-0.25, -0.2) is 4.79 Å². The van der Waals surface area contributed by atoms with Gasteiger partial charge in [-0.3, -0.25) is 0 Å². The molecule has 8 heteroatoms. The minimum absolute atomic E-state index is 0.142. The lowest BCUT2D eigenvalue weighted by Gasteiger charge is -1.97. The summed E-state index contributed by atoms with van der Waals surface area (Å²) in [5.41, 5.74) is 0.142. The summed E-state index contributed by atoms with van der Waals surface area (Å²) >= 11 is 0. The van der Waals surface area contributed by atoms with E-state index in [2.05, 4.69) is 20.6 Å². The van der Waals surface area contributed by atoms with Crippen LogP contribution in [-0.2, 0) is 6.42 Å². The zero-order valence-electron chi connectivity index (χ0n) is 7.83. The summed E-state index contributed by atoms with van der Waals surface area (Å²) in [4.78, 5) is 11.5. The monoisotopic (exact) mass is 210 g/mol. The van der Waals surface area contributed by atoms with Crippen LogP contribution in [-0.4, -0.2) is 36.0 Å². The van der Waals surface area contributed by atoms with Crippen molar-refractivity contribution in [1.29, 1.82) is 0 Å². The lowest BCUT2D eigenvalue weighted by atomic mass is 10.4. The molecular formula is C7H7FN6O. The molecular weight excluding hydrogens is 203 g/mol. The van der Waals surface area contributed by atoms with E-state index in [0.717, 1.165) is 4.68 Å². The van der Waals surface area contributed by atoms with Gasteiger partial charge in [0.05, 0.1) is 12.4 Å². The van der Waals surface area contributed by atoms with Gasteiger partial charge in [0.15, 0.2) is 0 Å². The van der Waals surface area contributed by atoms with Crippen LogP contribution in [0, 0.1) is 5.95 Å². The summed E-state index contributed by atoms with van der Waals surface area (Å²) in [5.74, 6) is -0.766. The maximum absolute atomic E-state index is 13.4. The Bertz CT molecular complexity index is 476. The molecule has 2 heterocycles. The van der Waals surface area contributed by atoms with Gasteiger partial charge >= 0.3 is 6.03 Å². The van der Waals surface area contributed by atoms with Crippen LogP contribution < -0.4 is 0 Å². The van der Waals surface area contributed by atoms with Crippen molar-refractivity contribution in [3.8, 4) is 0 Å². The van der Waals surface area contributed by atoms with Crippen LogP contribution in [0.5, 0.6) is 0 Å². The molecule has 15 heavy (non-hydrogen) atoms. The molecule has 7 nitrogen and oxygen atoms in total. The molecule has 2 rings (SSSR count). The van der Waals surface area contributed by atoms with E-state index in [-0.39, 0.29) is 5.69 Å². The fraction of sp³-hybridized carbons (Fsp3) is 0.286. The van der Waals surface area contributed by atoms with Crippen LogP contribution in [0.25, 0.3) is 0 Å². The molecule has 0 aromatic carbocycles. The first-order valence-electron chi connectivity index (χ1n) is 4.25. The maximum atomic E-state index is 13.4. The number of aryl methyl sites for hydroxylation is 1. The molecule has 0 N–H and O–H groups in total. The van der Waals surface area contributed by atoms with Gasteiger partial charge in [-0.1, -0.05) is 17.4 Å². The lowest BCUT2D eigenvalue weighted by molar-refractivity contribution is 0.233. The Morgan fingerprint density at radius 3 is 2.87 bits per heavy atom. The average Bonchev–Trinajstić information content (AvgIpc) is 2.85. The van der Waals surface area contributed by atoms with E-state index in [9.17, 15) is 9.18 Å². The molecule has 0 spiro atoms. The largest absolute Gasteiger partial charge is 0.374 e. The third-order valence-corrected chi connectivity index (χ3v) is 1.81. The summed E-state index contributed by atoms with van der Waals surface area (Å²) < 4.78 is 14.9. The molecule has 0 saturated carbocycles. The molecule has 0 bridgehead atoms. The predicted octanol–water partition coefficient (Wildman–Crippen LogP) is 0.0875. The van der Waals surface area contributed by atoms with Crippen molar-refractivity contribution in [3.05, 3.63) is 24.0 Å². The number of halogens is 1. The molecule has 0 atom stereocenters. The van der Waals surface area contributed by atoms with Gasteiger partial charge in [0.25, 0.3) is 0 Å². The Morgan fingerprint density at radius 2 is 2.33 bits per heavy atom. The number of nitrogens with zero attached hydrogens (tertiary/aromatic N) is 6. The Balaban J connectivity index is 2.38. The van der Waals surface area contributed by atoms with Gasteiger partial charge in [0.2, 0.25) is 5.95 Å². The second-order valence-corrected chi connectivity index (χ2v) is 2.72. The van der Waals surface area contributed by atoms with Crippen molar-refractivity contribution >= 4 is 6.03 Å². The molecule has 0 radical (unpaired) electrons. The second kappa shape index (κ2) is 3.56. The fourth-order valence-corrected chi connectivity index (χ4v) is 1.05. The topological polar surface area (TPSA) is 78.5 Å². The Kier molecular flexibility index (Phi) is 2.24. The van der Waals surface area contributed by atoms with Crippen LogP contribution in [0.4, 0.5) is 9.18 Å². The van der Waals surface area contributed by atoms with E-state index in [1.54, 1.807) is 6.92 Å². The summed E-state index contributed by atoms with van der Waals surface area (Å²) in [7, 11) is 0. The molecule has 78 valence electrons. The first-order chi connectivity index (χ1) is 7.24. The summed E-state index contributed by atoms with van der Waals surface area (Å²) in [5, 5.41) is 13.8. The molecule has 2 aromatic rings. The normalized spacial score (nSPS) is 10.5. The maximum Gasteiger partial charge on any atom is 0.374 e. The number of hydrogen-bond acceptors (Lipinski definition) is 5. The van der Waals surface area contributed by atoms with Crippen LogP contribution in [0.1, 0.15) is 12.6 Å². The van der Waals surface area contributed by atoms with Crippen molar-refractivity contribution in [2.24, 2.45) is 0 Å². The van der Waals surface area contributed by atoms with E-state index in [1.165, 1.54) is 12.4 Å². The van der Waals surface area contributed by atoms with E-state index in [4.69, 9.17) is 0 Å². The Hall–Kier alpha value is -2.12. The van der Waals surface area contributed by atoms with E-state index in [0.29, 0.717) is 11.1 Å². The molecule has 0 amide bonds. The van der Waals surface area contributed by atoms with Crippen LogP contribution in [0.2, 0.25) is 0 Å². The highest BCUT2D eigenvalue weighted by atomic mass is 19.1. The van der Waals surface area contributed by atoms with Crippen LogP contribution >= 0.6 is 0 Å². The molecule has 0 aliphatic rings. The molecule has 0 fully saturated rings. The van der Waals surface area contributed by atoms with Gasteiger partial charge in [0.1, 0.15) is 5.69 Å². The molecule has 0 aliphatic carbocycles. The van der Waals surface area contributed by atoms with Gasteiger partial charge < -0.3 is 0 Å². The quantitative estimate of drug-likeness (QED) is 0.666. The second-order valence-electron chi connectivity index (χ2n) is 2.72. The molecule has 0 aliphatic heterocycles. The van der Waals surface area contributed by atoms with Crippen molar-refractivity contribution in [2.45, 2.75) is 13.3 Å². The SMILES string of the molecule is CCc1nnn(C(=O)n2ccnn2)c1F. The molecule has 2 aromatic heterocycles. The van der Waals surface area contributed by atoms with E-state index < -0.39 is 12.0 Å². The Morgan fingerprint density at radius 1 is 1.53 bits per heavy atom. The summed E-state index contributed by atoms with van der Waals surface area (Å²) in [6, 6.07) is -0.753. The van der Waals surface area contributed by atoms with Gasteiger partial charge in [-0.15, -0.1) is 14.9 Å². The number of rotatable bonds is 1. The highest BCUT2D eigenvalue weighted by molar-refractivity contribution is 5.77. The highest BCUT2D eigenvalue weighted by Crippen LogP contribution is 2.03. The van der Waals surface area contributed by atoms with Crippen LogP contribution in [0.3, 0.4) is 0 Å². The van der Waals surface area contributed by atoms with Crippen molar-refractivity contribution in [2.75, 3.05) is 0 Å². The first-order valence-corrected chi connectivity index (χ1v) is 4.25. The zero-order chi connectivity index (χ0) is 10.8. The van der Waals surface area contributed by atoms with Gasteiger partial charge in [-0.05, 0) is 6.42 Å². The number of hydrogen-bond donors (Lipinski definition) is 0. The van der Waals surface area contributed by atoms with Crippen molar-refractivity contribution in [1.82, 2.24) is 30.0 Å². The summed E-state index contributed by atoms with van der Waals surface area (Å²) in [6.07, 6.45) is 2.99. The van der Waals surface area contributed by atoms with E-state index >= 15 is 0 Å². The Labute approximate surface area is 83.5 Å². The van der Waals surface area contributed by atoms with Crippen LogP contribution in [0.15, 0.2) is 12.4 Å². The summed E-state index contributed by atoms with van der Waals surface area (Å²) in [6.45, 7) is 1.72. The van der Waals surface area contributed by atoms with E-state index in [1.807, 2.05) is 0 Å². The minimum atomic E-state index is -0.766. The van der Waals surface area contributed by atoms with Gasteiger partial charge in [0, 0.05) is 0 Å². The number of carbonyl (C=O) groups is 1. The third kappa shape index (κ3) is 1.49. The first kappa shape index (κ1) is 9.44. The predicted molar refractivity (Wildman–Crippen MR) is 45.6 cm³/mol. The molecule has 0 saturated heterocycles. The lowest BCUT2D eigenvalue weighted by Crippen LogP contribution is -2.23. The minimum Gasteiger partial charge on any atom is -0.243 e. The smallest absolute Gasteiger partial charge is 0.243 e. The highest BCUT2D eigenvalue weighted by Gasteiger charge is 2.18. The van der Waals surface area contributed by atoms with Crippen molar-refractivity contribution in [3.63, 3.8) is 0 Å². The fourth-order valence-electron chi connectivity index (χ4n) is 1.05. The van der Waals surface area contributed by atoms with Gasteiger partial charge in [-0.2, -0.15) is 9.07 Å².